The van der Waals surface area contributed by atoms with Crippen molar-refractivity contribution in [2.75, 3.05) is 24.5 Å². The third-order valence-electron chi connectivity index (χ3n) is 6.44. The van der Waals surface area contributed by atoms with Gasteiger partial charge in [-0.3, -0.25) is 13.9 Å². The molecule has 9 heteroatoms. The topological polar surface area (TPSA) is 96.0 Å². The molecule has 0 aromatic heterocycles. The molecular weight excluding hydrogens is 514 g/mol. The predicted octanol–water partition coefficient (Wildman–Crippen LogP) is 4.37. The van der Waals surface area contributed by atoms with Crippen LogP contribution in [0, 0.1) is 20.8 Å². The molecule has 8 nitrogen and oxygen atoms in total. The second kappa shape index (κ2) is 12.8. The number of carbonyl (C=O) groups is 2. The standard InChI is InChI=1S/C30H37N3O5S/c1-7-31-30(35)24(5)32(19-25-10-8-9-22(3)17-25)29(34)20-33(27-18-23(4)13-16-28(27)38-6)39(36,37)26-14-11-21(2)12-15-26/h8-18,24H,7,19-20H2,1-6H3,(H,31,35)/t24-/m0/s1. The number of amides is 2. The van der Waals surface area contributed by atoms with Gasteiger partial charge < -0.3 is 15.0 Å². The van der Waals surface area contributed by atoms with Crippen LogP contribution in [0.15, 0.2) is 71.6 Å². The number of methoxy groups -OCH3 is 1. The van der Waals surface area contributed by atoms with E-state index < -0.39 is 28.5 Å². The summed E-state index contributed by atoms with van der Waals surface area (Å²) >= 11 is 0. The highest BCUT2D eigenvalue weighted by molar-refractivity contribution is 7.92. The first kappa shape index (κ1) is 29.7. The summed E-state index contributed by atoms with van der Waals surface area (Å²) < 4.78 is 34.6. The molecule has 2 amide bonds. The summed E-state index contributed by atoms with van der Waals surface area (Å²) in [6, 6.07) is 18.4. The Kier molecular flexibility index (Phi) is 9.75. The summed E-state index contributed by atoms with van der Waals surface area (Å²) in [5.74, 6) is -0.528. The Morgan fingerprint density at radius 2 is 1.56 bits per heavy atom. The Morgan fingerprint density at radius 3 is 2.18 bits per heavy atom. The third kappa shape index (κ3) is 7.17. The highest BCUT2D eigenvalue weighted by atomic mass is 32.2. The number of rotatable bonds is 11. The third-order valence-corrected chi connectivity index (χ3v) is 8.22. The highest BCUT2D eigenvalue weighted by Crippen LogP contribution is 2.34. The van der Waals surface area contributed by atoms with Crippen molar-refractivity contribution in [2.24, 2.45) is 0 Å². The fraction of sp³-hybridized carbons (Fsp3) is 0.333. The van der Waals surface area contributed by atoms with Crippen molar-refractivity contribution in [3.8, 4) is 5.75 Å². The molecule has 208 valence electrons. The number of nitrogens with one attached hydrogen (secondary N) is 1. The summed E-state index contributed by atoms with van der Waals surface area (Å²) in [5.41, 5.74) is 3.80. The molecule has 0 bridgehead atoms. The van der Waals surface area contributed by atoms with Gasteiger partial charge in [-0.15, -0.1) is 0 Å². The van der Waals surface area contributed by atoms with Crippen molar-refractivity contribution in [3.63, 3.8) is 0 Å². The molecule has 0 unspecified atom stereocenters. The van der Waals surface area contributed by atoms with Crippen LogP contribution in [0.2, 0.25) is 0 Å². The van der Waals surface area contributed by atoms with Crippen LogP contribution in [0.1, 0.15) is 36.1 Å². The second-order valence-electron chi connectivity index (χ2n) is 9.58. The molecule has 0 fully saturated rings. The number of aryl methyl sites for hydroxylation is 3. The molecule has 3 rings (SSSR count). The molecule has 0 aliphatic carbocycles. The van der Waals surface area contributed by atoms with E-state index in [0.717, 1.165) is 26.6 Å². The van der Waals surface area contributed by atoms with Gasteiger partial charge in [0.05, 0.1) is 17.7 Å². The minimum atomic E-state index is -4.18. The second-order valence-corrected chi connectivity index (χ2v) is 11.4. The summed E-state index contributed by atoms with van der Waals surface area (Å²) in [7, 11) is -2.73. The molecule has 1 atom stereocenters. The minimum absolute atomic E-state index is 0.0477. The maximum absolute atomic E-state index is 14.0. The van der Waals surface area contributed by atoms with Gasteiger partial charge in [0.15, 0.2) is 0 Å². The average Bonchev–Trinajstić information content (AvgIpc) is 2.90. The fourth-order valence-electron chi connectivity index (χ4n) is 4.26. The number of carbonyl (C=O) groups excluding carboxylic acids is 2. The van der Waals surface area contributed by atoms with E-state index in [4.69, 9.17) is 4.74 Å². The molecule has 0 saturated carbocycles. The lowest BCUT2D eigenvalue weighted by atomic mass is 10.1. The van der Waals surface area contributed by atoms with Gasteiger partial charge in [-0.05, 0) is 70.0 Å². The maximum Gasteiger partial charge on any atom is 0.264 e. The molecule has 0 heterocycles. The largest absolute Gasteiger partial charge is 0.495 e. The number of hydrogen-bond donors (Lipinski definition) is 1. The van der Waals surface area contributed by atoms with Crippen LogP contribution >= 0.6 is 0 Å². The molecule has 3 aromatic carbocycles. The van der Waals surface area contributed by atoms with Gasteiger partial charge in [-0.2, -0.15) is 0 Å². The van der Waals surface area contributed by atoms with E-state index >= 15 is 0 Å². The molecule has 0 radical (unpaired) electrons. The fourth-order valence-corrected chi connectivity index (χ4v) is 5.67. The van der Waals surface area contributed by atoms with Crippen molar-refractivity contribution in [3.05, 3.63) is 89.0 Å². The van der Waals surface area contributed by atoms with Gasteiger partial charge in [0.2, 0.25) is 11.8 Å². The van der Waals surface area contributed by atoms with E-state index in [2.05, 4.69) is 5.32 Å². The Morgan fingerprint density at radius 1 is 0.923 bits per heavy atom. The monoisotopic (exact) mass is 551 g/mol. The molecule has 0 aliphatic heterocycles. The SMILES string of the molecule is CCNC(=O)[C@H](C)N(Cc1cccc(C)c1)C(=O)CN(c1cc(C)ccc1OC)S(=O)(=O)c1ccc(C)cc1. The Hall–Kier alpha value is -3.85. The number of anilines is 1. The average molecular weight is 552 g/mol. The Labute approximate surface area is 231 Å². The van der Waals surface area contributed by atoms with E-state index in [9.17, 15) is 18.0 Å². The first-order valence-electron chi connectivity index (χ1n) is 12.8. The van der Waals surface area contributed by atoms with Crippen LogP contribution in [0.4, 0.5) is 5.69 Å². The van der Waals surface area contributed by atoms with Gasteiger partial charge in [0.1, 0.15) is 18.3 Å². The van der Waals surface area contributed by atoms with Crippen LogP contribution in [-0.2, 0) is 26.2 Å². The molecule has 0 saturated heterocycles. The van der Waals surface area contributed by atoms with Crippen molar-refractivity contribution < 1.29 is 22.7 Å². The Bertz CT molecular complexity index is 1420. The van der Waals surface area contributed by atoms with Crippen LogP contribution in [0.3, 0.4) is 0 Å². The summed E-state index contributed by atoms with van der Waals surface area (Å²) in [6.45, 7) is 9.12. The molecular formula is C30H37N3O5S. The summed E-state index contributed by atoms with van der Waals surface area (Å²) in [4.78, 5) is 28.3. The van der Waals surface area contributed by atoms with Crippen LogP contribution in [-0.4, -0.2) is 51.4 Å². The first-order valence-corrected chi connectivity index (χ1v) is 14.3. The van der Waals surface area contributed by atoms with E-state index in [0.29, 0.717) is 12.3 Å². The lowest BCUT2D eigenvalue weighted by molar-refractivity contribution is -0.139. The lowest BCUT2D eigenvalue weighted by Gasteiger charge is -2.32. The molecule has 3 aromatic rings. The van der Waals surface area contributed by atoms with Crippen LogP contribution < -0.4 is 14.4 Å². The minimum Gasteiger partial charge on any atom is -0.495 e. The first-order chi connectivity index (χ1) is 18.5. The molecule has 39 heavy (non-hydrogen) atoms. The quantitative estimate of drug-likeness (QED) is 0.382. The van der Waals surface area contributed by atoms with Gasteiger partial charge >= 0.3 is 0 Å². The Balaban J connectivity index is 2.10. The zero-order valence-electron chi connectivity index (χ0n) is 23.4. The predicted molar refractivity (Wildman–Crippen MR) is 153 cm³/mol. The zero-order valence-corrected chi connectivity index (χ0v) is 24.2. The number of likely N-dealkylation sites (N-methyl/N-ethyl adjacent to an activating group) is 1. The number of ether oxygens (including phenoxy) is 1. The van der Waals surface area contributed by atoms with Gasteiger partial charge in [0, 0.05) is 13.1 Å². The van der Waals surface area contributed by atoms with Crippen molar-refractivity contribution in [1.29, 1.82) is 0 Å². The van der Waals surface area contributed by atoms with E-state index in [1.807, 2.05) is 51.1 Å². The number of nitrogens with zero attached hydrogens (tertiary/aromatic N) is 2. The van der Waals surface area contributed by atoms with Crippen molar-refractivity contribution >= 4 is 27.5 Å². The van der Waals surface area contributed by atoms with Crippen molar-refractivity contribution in [1.82, 2.24) is 10.2 Å². The maximum atomic E-state index is 14.0. The highest BCUT2D eigenvalue weighted by Gasteiger charge is 2.33. The van der Waals surface area contributed by atoms with Gasteiger partial charge in [-0.25, -0.2) is 8.42 Å². The van der Waals surface area contributed by atoms with Gasteiger partial charge in [-0.1, -0.05) is 53.6 Å². The van der Waals surface area contributed by atoms with E-state index in [1.54, 1.807) is 38.1 Å². The van der Waals surface area contributed by atoms with Crippen LogP contribution in [0.5, 0.6) is 5.75 Å². The zero-order chi connectivity index (χ0) is 28.7. The van der Waals surface area contributed by atoms with Crippen molar-refractivity contribution in [2.45, 2.75) is 52.1 Å². The normalized spacial score (nSPS) is 11.9. The number of benzene rings is 3. The van der Waals surface area contributed by atoms with Crippen LogP contribution in [0.25, 0.3) is 0 Å². The molecule has 0 aliphatic rings. The lowest BCUT2D eigenvalue weighted by Crippen LogP contribution is -2.51. The van der Waals surface area contributed by atoms with E-state index in [-0.39, 0.29) is 23.0 Å². The van der Waals surface area contributed by atoms with E-state index in [1.165, 1.54) is 24.1 Å². The summed E-state index contributed by atoms with van der Waals surface area (Å²) in [6.07, 6.45) is 0. The number of hydrogen-bond acceptors (Lipinski definition) is 5. The van der Waals surface area contributed by atoms with Gasteiger partial charge in [0.25, 0.3) is 10.0 Å². The summed E-state index contributed by atoms with van der Waals surface area (Å²) in [5, 5.41) is 2.77. The molecule has 1 N–H and O–H groups in total. The smallest absolute Gasteiger partial charge is 0.264 e. The number of sulfonamides is 1. The molecule has 0 spiro atoms.